The zero-order valence-electron chi connectivity index (χ0n) is 74.4. The summed E-state index contributed by atoms with van der Waals surface area (Å²) in [4.78, 5) is 203. The van der Waals surface area contributed by atoms with Gasteiger partial charge in [-0.15, -0.1) is 0 Å². The predicted octanol–water partition coefficient (Wildman–Crippen LogP) is 9.71. The van der Waals surface area contributed by atoms with Crippen LogP contribution < -0.4 is 4.74 Å². The molecule has 1 aliphatic carbocycles. The van der Waals surface area contributed by atoms with Gasteiger partial charge >= 0.3 is 83.6 Å². The predicted molar refractivity (Wildman–Crippen MR) is 320 cm³/mol. The molecule has 0 bridgehead atoms. The molecule has 0 fully saturated rings. The first-order chi connectivity index (χ1) is 58.3. The van der Waals surface area contributed by atoms with Crippen molar-refractivity contribution in [1.29, 1.82) is 0 Å². The summed E-state index contributed by atoms with van der Waals surface area (Å²) in [6.07, 6.45) is -0.626. The molecule has 25 heteroatoms. The monoisotopic (exact) mass is 1320 g/mol. The Morgan fingerprint density at radius 1 is 0.247 bits per heavy atom. The van der Waals surface area contributed by atoms with Crippen molar-refractivity contribution in [3.8, 4) is 44.9 Å². The smallest absolute Gasteiger partial charge is 0.347 e. The average molecular weight is 1320 g/mol. The maximum Gasteiger partial charge on any atom is 0.347 e. The van der Waals surface area contributed by atoms with Crippen molar-refractivity contribution in [2.45, 2.75) is 6.42 Å². The van der Waals surface area contributed by atoms with Gasteiger partial charge in [0.2, 0.25) is 0 Å². The molecule has 0 N–H and O–H groups in total. The second-order valence-corrected chi connectivity index (χ2v) is 19.4. The van der Waals surface area contributed by atoms with Gasteiger partial charge in [-0.05, 0) is 142 Å². The number of esters is 14. The molecule has 0 spiro atoms. The summed E-state index contributed by atoms with van der Waals surface area (Å²) in [7, 11) is 0. The van der Waals surface area contributed by atoms with Crippen LogP contribution in [0.3, 0.4) is 0 Å². The van der Waals surface area contributed by atoms with E-state index >= 15 is 0 Å². The number of benzene rings is 9. The van der Waals surface area contributed by atoms with Crippen LogP contribution >= 0.6 is 0 Å². The molecular formula is C72H30O25. The molecule has 17 rings (SSSR count). The van der Waals surface area contributed by atoms with Gasteiger partial charge in [-0.2, -0.15) is 0 Å². The Kier molecular flexibility index (Phi) is 8.63. The van der Waals surface area contributed by atoms with Crippen molar-refractivity contribution < 1.29 is 158 Å². The fourth-order valence-corrected chi connectivity index (χ4v) is 9.05. The Bertz CT molecular complexity index is 6710. The highest BCUT2D eigenvalue weighted by molar-refractivity contribution is 6.25. The molecule has 0 saturated heterocycles. The zero-order chi connectivity index (χ0) is 92.4. The number of Topliss-reactive ketones (excluding diaryl/α,β-unsaturated/α-hetero) is 2. The van der Waals surface area contributed by atoms with E-state index in [4.69, 9.17) is 43.1 Å². The number of rotatable bonds is 7. The summed E-state index contributed by atoms with van der Waals surface area (Å²) in [5, 5.41) is 0. The van der Waals surface area contributed by atoms with Gasteiger partial charge in [0.05, 0.1) is 123 Å². The zero-order valence-corrected chi connectivity index (χ0v) is 46.4. The lowest BCUT2D eigenvalue weighted by molar-refractivity contribution is 0.0425. The van der Waals surface area contributed by atoms with E-state index in [2.05, 4.69) is 33.2 Å². The molecule has 0 saturated carbocycles. The summed E-state index contributed by atoms with van der Waals surface area (Å²) in [5.74, 6) is -21.8. The van der Waals surface area contributed by atoms with Gasteiger partial charge in [-0.25, -0.2) is 67.1 Å². The SMILES string of the molecule is [2H]c1c([2H])c(-c2c([2H])c([2H])c3c(c2[2H])C(=O)CC3=O)c([2H])c(-c2c([2H])c([2H])c3c(c2[2H])C(=O)OC3=O)c1[2H].[2H]c1c([2H])c(-c2c([2H])c([2H])c3c(c2[2H])C(=O)OC3=O)c([2H])c2c1C(=O)OC2=O.[2H]c1c([2H])c2c(c([2H])c1C(=O)c1c([2H])c([2H])c3c(c1[2H])C(=O)OC3=O)C(=O)OC2=O.[2H]c1c([2H])c2c(c([2H])c1Oc1c([2H])c([2H])c3c(c1[2H])C(=O)OC3=O)C(=O)OC2=O. The summed E-state index contributed by atoms with van der Waals surface area (Å²) >= 11 is 0. The highest BCUT2D eigenvalue weighted by Gasteiger charge is 2.37. The Morgan fingerprint density at radius 2 is 0.485 bits per heavy atom. The van der Waals surface area contributed by atoms with Gasteiger partial charge in [0.15, 0.2) is 17.3 Å². The van der Waals surface area contributed by atoms with Crippen LogP contribution in [0.25, 0.3) is 33.4 Å². The van der Waals surface area contributed by atoms with Crippen LogP contribution in [0.15, 0.2) is 169 Å². The standard InChI is InChI=1S/C23H12O5.C17H6O7.C16H6O7.C16H6O6/c24-20-11-21(25)18-9-14(4-6-16(18)20)12-2-1-3-13(8-12)15-5-7-17-19(10-15)23(27)28-22(17)26;18-13(7-1-3-9-11(5-7)16(21)23-14(9)19)8-2-4-10-12(6-8)17(22)24-15(10)20;17-13-9-3-1-7(5-11(9)15(19)22-13)21-8-2-4-10-12(6-8)16(20)23-14(10)18;17-13-9-3-1-7(5-11(9)15(19)21-13)8-2-4-10-12(6-8)16(20)22-14(10)18/h1-10H,11H2;1-6H;1-6H;1-6H/i1D,2D,3D,4D,5D,6D,7D,8D,9D,10D;3*1D,2D,3D,4D,5D,6D. The van der Waals surface area contributed by atoms with Gasteiger partial charge < -0.3 is 37.9 Å². The maximum absolute atomic E-state index is 13.1. The molecule has 25 nitrogen and oxygen atoms in total. The lowest BCUT2D eigenvalue weighted by atomic mass is 9.95. The second-order valence-electron chi connectivity index (χ2n) is 19.4. The molecule has 468 valence electrons. The maximum atomic E-state index is 13.1. The van der Waals surface area contributed by atoms with E-state index in [1.165, 1.54) is 0 Å². The second kappa shape index (κ2) is 23.2. The number of ether oxygens (including phenoxy) is 8. The molecule has 9 aromatic rings. The lowest BCUT2D eigenvalue weighted by Crippen LogP contribution is -2.05. The Labute approximate surface area is 578 Å². The number of ketones is 3. The van der Waals surface area contributed by atoms with E-state index in [9.17, 15) is 81.5 Å². The van der Waals surface area contributed by atoms with Gasteiger partial charge in [0, 0.05) is 22.3 Å². The van der Waals surface area contributed by atoms with Crippen LogP contribution in [0.1, 0.15) is 226 Å². The number of hydrogen-bond acceptors (Lipinski definition) is 25. The fraction of sp³-hybridized carbons (Fsp3) is 0.0139. The van der Waals surface area contributed by atoms with Crippen molar-refractivity contribution in [3.63, 3.8) is 0 Å². The molecule has 7 aliphatic heterocycles. The van der Waals surface area contributed by atoms with Crippen molar-refractivity contribution >= 4 is 101 Å². The number of fused-ring (bicyclic) bond motifs is 8. The van der Waals surface area contributed by atoms with Crippen LogP contribution in [0.2, 0.25) is 0 Å². The van der Waals surface area contributed by atoms with Crippen molar-refractivity contribution in [2.24, 2.45) is 0 Å². The van der Waals surface area contributed by atoms with Crippen molar-refractivity contribution in [3.05, 3.63) is 269 Å². The van der Waals surface area contributed by atoms with Crippen LogP contribution in [0.4, 0.5) is 0 Å². The summed E-state index contributed by atoms with van der Waals surface area (Å²) in [5.41, 5.74) is -15.3. The van der Waals surface area contributed by atoms with E-state index < -0.39 is 422 Å². The molecule has 8 aliphatic rings. The third-order valence-corrected chi connectivity index (χ3v) is 13.5. The molecule has 97 heavy (non-hydrogen) atoms. The third kappa shape index (κ3) is 10.8. The number of hydrogen-bond donors (Lipinski definition) is 0. The number of cyclic esters (lactones) is 14. The number of carbonyl (C=O) groups excluding carboxylic acids is 17. The summed E-state index contributed by atoms with van der Waals surface area (Å²) in [6.45, 7) is 0. The van der Waals surface area contributed by atoms with Crippen LogP contribution in [0, 0.1) is 0 Å². The van der Waals surface area contributed by atoms with Gasteiger partial charge in [-0.3, -0.25) is 14.4 Å². The average Bonchev–Trinajstić information content (AvgIpc) is 1.69. The van der Waals surface area contributed by atoms with E-state index in [1.807, 2.05) is 0 Å². The molecule has 0 atom stereocenters. The van der Waals surface area contributed by atoms with Crippen LogP contribution in [0.5, 0.6) is 11.5 Å². The molecule has 0 amide bonds. The normalized spacial score (nSPS) is 19.1. The Morgan fingerprint density at radius 3 is 0.814 bits per heavy atom. The van der Waals surface area contributed by atoms with Gasteiger partial charge in [-0.1, -0.05) is 60.4 Å². The first kappa shape index (κ1) is 36.1. The largest absolute Gasteiger partial charge is 0.457 e. The Balaban J connectivity index is 0.000000136. The summed E-state index contributed by atoms with van der Waals surface area (Å²) < 4.78 is 264. The minimum Gasteiger partial charge on any atom is -0.457 e. The molecule has 0 aromatic heterocycles. The van der Waals surface area contributed by atoms with Gasteiger partial charge in [0.1, 0.15) is 11.5 Å². The third-order valence-electron chi connectivity index (χ3n) is 13.5. The molecular weight excluding hydrogens is 1260 g/mol. The van der Waals surface area contributed by atoms with E-state index in [1.54, 1.807) is 0 Å². The first-order valence-corrected chi connectivity index (χ1v) is 26.2. The van der Waals surface area contributed by atoms with Crippen LogP contribution in [-0.4, -0.2) is 101 Å². The quantitative estimate of drug-likeness (QED) is 0.0619. The van der Waals surface area contributed by atoms with Crippen molar-refractivity contribution in [1.82, 2.24) is 0 Å². The molecule has 7 heterocycles. The molecule has 0 unspecified atom stereocenters. The molecule has 9 aromatic carbocycles. The number of carbonyl (C=O) groups is 17. The first-order valence-electron chi connectivity index (χ1n) is 40.2. The lowest BCUT2D eigenvalue weighted by Gasteiger charge is -2.08. The summed E-state index contributed by atoms with van der Waals surface area (Å²) in [6, 6.07) is -23.0. The Hall–Kier alpha value is -14.2. The van der Waals surface area contributed by atoms with E-state index in [0.717, 1.165) is 0 Å². The van der Waals surface area contributed by atoms with Crippen molar-refractivity contribution in [2.75, 3.05) is 0 Å². The molecule has 0 radical (unpaired) electrons. The fourth-order valence-electron chi connectivity index (χ4n) is 9.05. The van der Waals surface area contributed by atoms with Gasteiger partial charge in [0.25, 0.3) is 0 Å². The van der Waals surface area contributed by atoms with E-state index in [-0.39, 0.29) is 0 Å². The van der Waals surface area contributed by atoms with E-state index in [0.29, 0.717) is 0 Å². The topological polar surface area (TPSA) is 364 Å². The highest BCUT2D eigenvalue weighted by Crippen LogP contribution is 2.36. The minimum absolute atomic E-state index is 0.433. The minimum atomic E-state index is -1.38. The highest BCUT2D eigenvalue weighted by atomic mass is 16.6. The van der Waals surface area contributed by atoms with Crippen LogP contribution in [-0.2, 0) is 33.2 Å².